The third-order valence-electron chi connectivity index (χ3n) is 2.65. The summed E-state index contributed by atoms with van der Waals surface area (Å²) in [4.78, 5) is 0. The van der Waals surface area contributed by atoms with Crippen molar-refractivity contribution < 1.29 is 0 Å². The molecular weight excluding hydrogens is 228 g/mol. The molecule has 0 saturated heterocycles. The van der Waals surface area contributed by atoms with E-state index < -0.39 is 5.54 Å². The lowest BCUT2D eigenvalue weighted by molar-refractivity contribution is 0.382. The molecule has 0 aliphatic rings. The van der Waals surface area contributed by atoms with Crippen LogP contribution in [0.3, 0.4) is 0 Å². The largest absolute Gasteiger partial charge is 0.297 e. The lowest BCUT2D eigenvalue weighted by Gasteiger charge is -2.28. The van der Waals surface area contributed by atoms with Gasteiger partial charge in [-0.1, -0.05) is 20.8 Å². The van der Waals surface area contributed by atoms with Gasteiger partial charge in [0.05, 0.1) is 6.07 Å². The molecule has 0 amide bonds. The summed E-state index contributed by atoms with van der Waals surface area (Å²) in [5.74, 6) is 1.97. The first-order valence-corrected chi connectivity index (χ1v) is 7.64. The summed E-state index contributed by atoms with van der Waals surface area (Å²) in [6.45, 7) is 12.9. The van der Waals surface area contributed by atoms with Gasteiger partial charge in [-0.2, -0.15) is 17.0 Å². The van der Waals surface area contributed by atoms with E-state index in [1.807, 2.05) is 18.7 Å². The van der Waals surface area contributed by atoms with Gasteiger partial charge in [-0.3, -0.25) is 5.32 Å². The first-order valence-electron chi connectivity index (χ1n) is 6.59. The summed E-state index contributed by atoms with van der Waals surface area (Å²) in [6, 6.07) is 2.77. The standard InChI is InChI=1S/C14H28N2S/c1-11(2)7-8-17-13(5)9-14(6,10-15)16-12(3)4/h11-13,16H,7-9H2,1-6H3. The van der Waals surface area contributed by atoms with E-state index in [2.05, 4.69) is 46.0 Å². The Morgan fingerprint density at radius 2 is 1.82 bits per heavy atom. The third kappa shape index (κ3) is 8.51. The number of hydrogen-bond donors (Lipinski definition) is 1. The van der Waals surface area contributed by atoms with Crippen molar-refractivity contribution in [1.82, 2.24) is 5.32 Å². The second-order valence-corrected chi connectivity index (χ2v) is 7.36. The highest BCUT2D eigenvalue weighted by molar-refractivity contribution is 7.99. The number of thioether (sulfide) groups is 1. The van der Waals surface area contributed by atoms with Crippen molar-refractivity contribution in [3.8, 4) is 6.07 Å². The van der Waals surface area contributed by atoms with E-state index >= 15 is 0 Å². The molecule has 0 saturated carbocycles. The molecule has 0 radical (unpaired) electrons. The predicted octanol–water partition coefficient (Wildman–Crippen LogP) is 3.82. The van der Waals surface area contributed by atoms with E-state index in [0.717, 1.165) is 12.3 Å². The van der Waals surface area contributed by atoms with Gasteiger partial charge in [-0.25, -0.2) is 0 Å². The van der Waals surface area contributed by atoms with Gasteiger partial charge in [0.1, 0.15) is 5.54 Å². The molecule has 2 atom stereocenters. The van der Waals surface area contributed by atoms with Crippen LogP contribution in [0.25, 0.3) is 0 Å². The van der Waals surface area contributed by atoms with E-state index in [-0.39, 0.29) is 0 Å². The van der Waals surface area contributed by atoms with Crippen LogP contribution in [0.15, 0.2) is 0 Å². The van der Waals surface area contributed by atoms with Crippen LogP contribution < -0.4 is 5.32 Å². The van der Waals surface area contributed by atoms with Gasteiger partial charge >= 0.3 is 0 Å². The summed E-state index contributed by atoms with van der Waals surface area (Å²) in [5.41, 5.74) is -0.390. The van der Waals surface area contributed by atoms with Crippen molar-refractivity contribution in [1.29, 1.82) is 5.26 Å². The smallest absolute Gasteiger partial charge is 0.105 e. The van der Waals surface area contributed by atoms with E-state index in [1.165, 1.54) is 12.2 Å². The molecule has 1 N–H and O–H groups in total. The van der Waals surface area contributed by atoms with Crippen LogP contribution >= 0.6 is 11.8 Å². The summed E-state index contributed by atoms with van der Waals surface area (Å²) >= 11 is 1.98. The SMILES string of the molecule is CC(C)CCSC(C)CC(C)(C#N)NC(C)C. The second kappa shape index (κ2) is 8.00. The Hall–Kier alpha value is -0.200. The molecule has 2 unspecified atom stereocenters. The molecule has 0 heterocycles. The van der Waals surface area contributed by atoms with Gasteiger partial charge in [-0.05, 0) is 45.3 Å². The molecule has 0 aliphatic carbocycles. The Labute approximate surface area is 112 Å². The van der Waals surface area contributed by atoms with Gasteiger partial charge in [-0.15, -0.1) is 0 Å². The zero-order chi connectivity index (χ0) is 13.5. The van der Waals surface area contributed by atoms with Crippen LogP contribution in [0.1, 0.15) is 54.4 Å². The van der Waals surface area contributed by atoms with E-state index in [4.69, 9.17) is 0 Å². The summed E-state index contributed by atoms with van der Waals surface area (Å²) in [6.07, 6.45) is 2.17. The number of rotatable bonds is 8. The van der Waals surface area contributed by atoms with Crippen LogP contribution in [-0.2, 0) is 0 Å². The van der Waals surface area contributed by atoms with Crippen LogP contribution in [0.2, 0.25) is 0 Å². The average Bonchev–Trinajstić information content (AvgIpc) is 2.15. The minimum Gasteiger partial charge on any atom is -0.297 e. The Morgan fingerprint density at radius 3 is 2.24 bits per heavy atom. The highest BCUT2D eigenvalue weighted by Crippen LogP contribution is 2.23. The van der Waals surface area contributed by atoms with E-state index in [1.54, 1.807) is 0 Å². The van der Waals surface area contributed by atoms with Gasteiger partial charge < -0.3 is 0 Å². The van der Waals surface area contributed by atoms with E-state index in [0.29, 0.717) is 11.3 Å². The van der Waals surface area contributed by atoms with Crippen molar-refractivity contribution in [3.63, 3.8) is 0 Å². The molecule has 17 heavy (non-hydrogen) atoms. The first-order chi connectivity index (χ1) is 7.79. The first kappa shape index (κ1) is 16.8. The molecule has 0 bridgehead atoms. The average molecular weight is 256 g/mol. The number of nitrogens with zero attached hydrogens (tertiary/aromatic N) is 1. The molecule has 100 valence electrons. The molecule has 2 nitrogen and oxygen atoms in total. The molecule has 3 heteroatoms. The topological polar surface area (TPSA) is 35.8 Å². The Balaban J connectivity index is 4.06. The van der Waals surface area contributed by atoms with Crippen molar-refractivity contribution in [2.75, 3.05) is 5.75 Å². The fourth-order valence-electron chi connectivity index (χ4n) is 1.91. The third-order valence-corrected chi connectivity index (χ3v) is 3.85. The van der Waals surface area contributed by atoms with Crippen LogP contribution in [0.5, 0.6) is 0 Å². The number of hydrogen-bond acceptors (Lipinski definition) is 3. The molecule has 0 aliphatic heterocycles. The maximum atomic E-state index is 9.27. The predicted molar refractivity (Wildman–Crippen MR) is 78.3 cm³/mol. The van der Waals surface area contributed by atoms with Crippen molar-refractivity contribution in [2.45, 2.75) is 71.2 Å². The molecule has 0 aromatic carbocycles. The van der Waals surface area contributed by atoms with Gasteiger partial charge in [0.2, 0.25) is 0 Å². The minimum absolute atomic E-state index is 0.354. The molecule has 0 aromatic heterocycles. The lowest BCUT2D eigenvalue weighted by atomic mass is 9.97. The van der Waals surface area contributed by atoms with Gasteiger partial charge in [0, 0.05) is 11.3 Å². The van der Waals surface area contributed by atoms with Crippen LogP contribution in [0, 0.1) is 17.2 Å². The number of nitrogens with one attached hydrogen (secondary N) is 1. The Morgan fingerprint density at radius 1 is 1.24 bits per heavy atom. The molecule has 0 aromatic rings. The Bertz CT molecular complexity index is 245. The maximum Gasteiger partial charge on any atom is 0.105 e. The summed E-state index contributed by atoms with van der Waals surface area (Å²) in [7, 11) is 0. The van der Waals surface area contributed by atoms with E-state index in [9.17, 15) is 5.26 Å². The maximum absolute atomic E-state index is 9.27. The zero-order valence-corrected chi connectivity index (χ0v) is 13.0. The lowest BCUT2D eigenvalue weighted by Crippen LogP contribution is -2.46. The highest BCUT2D eigenvalue weighted by atomic mass is 32.2. The minimum atomic E-state index is -0.390. The normalized spacial score (nSPS) is 16.9. The van der Waals surface area contributed by atoms with Crippen LogP contribution in [0.4, 0.5) is 0 Å². The summed E-state index contributed by atoms with van der Waals surface area (Å²) in [5, 5.41) is 13.2. The van der Waals surface area contributed by atoms with Crippen molar-refractivity contribution >= 4 is 11.8 Å². The fourth-order valence-corrected chi connectivity index (χ4v) is 3.37. The van der Waals surface area contributed by atoms with Gasteiger partial charge in [0.25, 0.3) is 0 Å². The molecular formula is C14H28N2S. The quantitative estimate of drug-likeness (QED) is 0.717. The molecule has 0 spiro atoms. The second-order valence-electron chi connectivity index (χ2n) is 5.81. The molecule has 0 rings (SSSR count). The highest BCUT2D eigenvalue weighted by Gasteiger charge is 2.26. The molecule has 0 fully saturated rings. The van der Waals surface area contributed by atoms with Gasteiger partial charge in [0.15, 0.2) is 0 Å². The Kier molecular flexibility index (Phi) is 7.91. The summed E-state index contributed by atoms with van der Waals surface area (Å²) < 4.78 is 0. The zero-order valence-electron chi connectivity index (χ0n) is 12.2. The monoisotopic (exact) mass is 256 g/mol. The number of nitriles is 1. The van der Waals surface area contributed by atoms with Crippen molar-refractivity contribution in [3.05, 3.63) is 0 Å². The van der Waals surface area contributed by atoms with Crippen LogP contribution in [-0.4, -0.2) is 22.6 Å². The van der Waals surface area contributed by atoms with Crippen molar-refractivity contribution in [2.24, 2.45) is 5.92 Å². The fraction of sp³-hybridized carbons (Fsp3) is 0.929.